The Kier molecular flexibility index (Phi) is 7.34. The molecule has 1 aliphatic heterocycles. The number of benzene rings is 3. The van der Waals surface area contributed by atoms with Crippen LogP contribution in [-0.2, 0) is 6.54 Å². The van der Waals surface area contributed by atoms with Crippen LogP contribution in [0.1, 0.15) is 64.2 Å². The van der Waals surface area contributed by atoms with Gasteiger partial charge in [0.15, 0.2) is 5.78 Å². The van der Waals surface area contributed by atoms with Crippen LogP contribution >= 0.6 is 0 Å². The van der Waals surface area contributed by atoms with Crippen LogP contribution in [0.25, 0.3) is 0 Å². The third-order valence-electron chi connectivity index (χ3n) is 6.90. The highest BCUT2D eigenvalue weighted by Gasteiger charge is 2.35. The quantitative estimate of drug-likeness (QED) is 0.472. The van der Waals surface area contributed by atoms with E-state index in [1.165, 1.54) is 0 Å². The number of nitrogens with zero attached hydrogens (tertiary/aromatic N) is 2. The molecule has 1 heterocycles. The van der Waals surface area contributed by atoms with Crippen LogP contribution in [0.5, 0.6) is 5.75 Å². The monoisotopic (exact) mass is 472 g/mol. The molecule has 0 bridgehead atoms. The van der Waals surface area contributed by atoms with Crippen molar-refractivity contribution in [3.8, 4) is 5.75 Å². The number of hydrogen-bond donors (Lipinski definition) is 2. The van der Waals surface area contributed by atoms with Gasteiger partial charge in [0, 0.05) is 37.3 Å². The molecule has 0 saturated carbocycles. The van der Waals surface area contributed by atoms with Crippen LogP contribution in [0.4, 0.5) is 0 Å². The van der Waals surface area contributed by atoms with Gasteiger partial charge in [0.1, 0.15) is 5.75 Å². The molecule has 4 rings (SSSR count). The molecule has 6 nitrogen and oxygen atoms in total. The summed E-state index contributed by atoms with van der Waals surface area (Å²) < 4.78 is 0. The van der Waals surface area contributed by atoms with Crippen molar-refractivity contribution >= 4 is 11.8 Å². The summed E-state index contributed by atoms with van der Waals surface area (Å²) in [5, 5.41) is 19.3. The van der Waals surface area contributed by atoms with Gasteiger partial charge in [-0.25, -0.2) is 4.79 Å². The molecule has 182 valence electrons. The van der Waals surface area contributed by atoms with Crippen molar-refractivity contribution < 1.29 is 19.8 Å². The summed E-state index contributed by atoms with van der Waals surface area (Å²) in [6.07, 6.45) is 0. The first-order chi connectivity index (χ1) is 16.7. The maximum Gasteiger partial charge on any atom is 0.335 e. The van der Waals surface area contributed by atoms with Crippen LogP contribution in [0.3, 0.4) is 0 Å². The number of ketones is 1. The topological polar surface area (TPSA) is 81.1 Å². The van der Waals surface area contributed by atoms with Crippen LogP contribution in [0.2, 0.25) is 0 Å². The molecule has 2 N–H and O–H groups in total. The molecule has 1 aliphatic rings. The second kappa shape index (κ2) is 10.4. The third kappa shape index (κ3) is 5.61. The first-order valence-electron chi connectivity index (χ1n) is 11.9. The number of aromatic hydroxyl groups is 1. The predicted molar refractivity (Wildman–Crippen MR) is 136 cm³/mol. The van der Waals surface area contributed by atoms with Crippen molar-refractivity contribution in [3.63, 3.8) is 0 Å². The van der Waals surface area contributed by atoms with Gasteiger partial charge in [0.2, 0.25) is 0 Å². The summed E-state index contributed by atoms with van der Waals surface area (Å²) in [5.41, 5.74) is 4.16. The van der Waals surface area contributed by atoms with Crippen molar-refractivity contribution in [3.05, 3.63) is 101 Å². The van der Waals surface area contributed by atoms with Gasteiger partial charge in [0.25, 0.3) is 0 Å². The minimum absolute atomic E-state index is 0.0393. The number of carboxylic acids is 1. The van der Waals surface area contributed by atoms with Gasteiger partial charge in [-0.05, 0) is 61.7 Å². The molecule has 0 spiro atoms. The van der Waals surface area contributed by atoms with E-state index >= 15 is 0 Å². The Labute approximate surface area is 206 Å². The molecule has 0 radical (unpaired) electrons. The average molecular weight is 473 g/mol. The zero-order valence-electron chi connectivity index (χ0n) is 20.4. The maximum absolute atomic E-state index is 11.8. The molecule has 35 heavy (non-hydrogen) atoms. The molecule has 1 saturated heterocycles. The first-order valence-corrected chi connectivity index (χ1v) is 11.9. The van der Waals surface area contributed by atoms with Gasteiger partial charge in [-0.2, -0.15) is 0 Å². The van der Waals surface area contributed by atoms with Crippen molar-refractivity contribution in [2.45, 2.75) is 45.4 Å². The Morgan fingerprint density at radius 1 is 0.886 bits per heavy atom. The minimum Gasteiger partial charge on any atom is -0.508 e. The Bertz CT molecular complexity index is 1190. The molecule has 3 aromatic rings. The number of aromatic carboxylic acids is 1. The van der Waals surface area contributed by atoms with Crippen LogP contribution in [0, 0.1) is 0 Å². The fourth-order valence-corrected chi connectivity index (χ4v) is 4.96. The van der Waals surface area contributed by atoms with E-state index in [4.69, 9.17) is 5.11 Å². The van der Waals surface area contributed by atoms with Crippen LogP contribution < -0.4 is 0 Å². The lowest BCUT2D eigenvalue weighted by atomic mass is 9.92. The lowest BCUT2D eigenvalue weighted by Gasteiger charge is -2.47. The molecule has 0 aromatic heterocycles. The number of phenols is 1. The van der Waals surface area contributed by atoms with Crippen LogP contribution in [0.15, 0.2) is 72.8 Å². The Hall–Kier alpha value is -3.48. The smallest absolute Gasteiger partial charge is 0.335 e. The summed E-state index contributed by atoms with van der Waals surface area (Å²) >= 11 is 0. The van der Waals surface area contributed by atoms with E-state index in [0.717, 1.165) is 36.3 Å². The highest BCUT2D eigenvalue weighted by molar-refractivity contribution is 5.94. The average Bonchev–Trinajstić information content (AvgIpc) is 2.83. The SMILES string of the molecule is CC(=O)c1ccc([C@@H](c2cccc(O)c2)N2C[C@@H](C)N(Cc3ccc(C(=O)O)cc3)C[C@@H]2C)cc1. The first kappa shape index (κ1) is 24.6. The predicted octanol–water partition coefficient (Wildman–Crippen LogP) is 4.98. The number of hydrogen-bond acceptors (Lipinski definition) is 5. The summed E-state index contributed by atoms with van der Waals surface area (Å²) in [6.45, 7) is 8.42. The lowest BCUT2D eigenvalue weighted by molar-refractivity contribution is 0.0195. The standard InChI is InChI=1S/C29H32N2O4/c1-19-17-31(20(2)16-30(19)18-22-7-9-25(10-8-22)29(34)35)28(26-5-4-6-27(33)15-26)24-13-11-23(12-14-24)21(3)32/h4-15,19-20,28,33H,16-18H2,1-3H3,(H,34,35)/t19-,20+,28+/m1/s1. The number of carbonyl (C=O) groups is 2. The number of carboxylic acid groups (broad SMARTS) is 1. The molecule has 3 atom stereocenters. The van der Waals surface area contributed by atoms with Gasteiger partial charge in [-0.3, -0.25) is 14.6 Å². The fourth-order valence-electron chi connectivity index (χ4n) is 4.96. The van der Waals surface area contributed by atoms with Crippen LogP contribution in [-0.4, -0.2) is 56.9 Å². The second-order valence-corrected chi connectivity index (χ2v) is 9.50. The minimum atomic E-state index is -0.915. The largest absolute Gasteiger partial charge is 0.508 e. The highest BCUT2D eigenvalue weighted by Crippen LogP contribution is 2.35. The molecular weight excluding hydrogens is 440 g/mol. The Morgan fingerprint density at radius 2 is 1.54 bits per heavy atom. The number of rotatable bonds is 7. The summed E-state index contributed by atoms with van der Waals surface area (Å²) in [7, 11) is 0. The third-order valence-corrected chi connectivity index (χ3v) is 6.90. The van der Waals surface area contributed by atoms with E-state index in [1.807, 2.05) is 54.6 Å². The second-order valence-electron chi connectivity index (χ2n) is 9.50. The molecule has 0 unspecified atom stereocenters. The van der Waals surface area contributed by atoms with Gasteiger partial charge in [-0.15, -0.1) is 0 Å². The molecule has 1 fully saturated rings. The zero-order chi connectivity index (χ0) is 25.1. The number of phenolic OH excluding ortho intramolecular Hbond substituents is 1. The molecular formula is C29H32N2O4. The van der Waals surface area contributed by atoms with E-state index < -0.39 is 5.97 Å². The van der Waals surface area contributed by atoms with Gasteiger partial charge < -0.3 is 10.2 Å². The normalized spacial score (nSPS) is 19.9. The maximum atomic E-state index is 11.8. The molecule has 3 aromatic carbocycles. The number of carbonyl (C=O) groups excluding carboxylic acids is 1. The van der Waals surface area contributed by atoms with Crippen molar-refractivity contribution in [1.29, 1.82) is 0 Å². The summed E-state index contributed by atoms with van der Waals surface area (Å²) in [4.78, 5) is 27.8. The van der Waals surface area contributed by atoms with E-state index in [9.17, 15) is 14.7 Å². The lowest BCUT2D eigenvalue weighted by Crippen LogP contribution is -2.56. The van der Waals surface area contributed by atoms with Gasteiger partial charge >= 0.3 is 5.97 Å². The fraction of sp³-hybridized carbons (Fsp3) is 0.310. The van der Waals surface area contributed by atoms with Crippen molar-refractivity contribution in [2.24, 2.45) is 0 Å². The number of Topliss-reactive ketones (excluding diaryl/α,β-unsaturated/α-hetero) is 1. The molecule has 6 heteroatoms. The zero-order valence-corrected chi connectivity index (χ0v) is 20.4. The van der Waals surface area contributed by atoms with Crippen molar-refractivity contribution in [1.82, 2.24) is 9.80 Å². The van der Waals surface area contributed by atoms with Gasteiger partial charge in [-0.1, -0.05) is 48.5 Å². The summed E-state index contributed by atoms with van der Waals surface area (Å²) in [6, 6.07) is 22.7. The molecule has 0 aliphatic carbocycles. The van der Waals surface area contributed by atoms with E-state index in [1.54, 1.807) is 25.1 Å². The van der Waals surface area contributed by atoms with E-state index in [0.29, 0.717) is 11.1 Å². The van der Waals surface area contributed by atoms with Gasteiger partial charge in [0.05, 0.1) is 11.6 Å². The molecule has 0 amide bonds. The van der Waals surface area contributed by atoms with Crippen molar-refractivity contribution in [2.75, 3.05) is 13.1 Å². The Balaban J connectivity index is 1.58. The number of piperazine rings is 1. The Morgan fingerprint density at radius 3 is 2.14 bits per heavy atom. The summed E-state index contributed by atoms with van der Waals surface area (Å²) in [5.74, 6) is -0.643. The highest BCUT2D eigenvalue weighted by atomic mass is 16.4. The van der Waals surface area contributed by atoms with E-state index in [-0.39, 0.29) is 29.7 Å². The van der Waals surface area contributed by atoms with E-state index in [2.05, 4.69) is 23.6 Å².